The summed E-state index contributed by atoms with van der Waals surface area (Å²) < 4.78 is 11.1. The molecule has 0 radical (unpaired) electrons. The van der Waals surface area contributed by atoms with Gasteiger partial charge in [0.25, 0.3) is 5.91 Å². The number of ether oxygens (including phenoxy) is 2. The largest absolute Gasteiger partial charge is 0.489 e. The van der Waals surface area contributed by atoms with Crippen LogP contribution in [0.5, 0.6) is 11.6 Å². The maximum atomic E-state index is 12.6. The van der Waals surface area contributed by atoms with Crippen molar-refractivity contribution in [2.45, 2.75) is 6.54 Å². The standard InChI is InChI=1S/C22H22N4O3/c1-23-22(27)18-10-17(16-5-6-20(28-2)25-13-16)11-19-21(18)29-9-8-26(19)14-15-4-3-7-24-12-15/h3-7,10-13H,8-9,14H2,1-2H3,(H,23,27). The molecule has 29 heavy (non-hydrogen) atoms. The van der Waals surface area contributed by atoms with Crippen molar-refractivity contribution in [1.82, 2.24) is 15.3 Å². The van der Waals surface area contributed by atoms with Gasteiger partial charge < -0.3 is 19.7 Å². The zero-order chi connectivity index (χ0) is 20.2. The van der Waals surface area contributed by atoms with Crippen LogP contribution in [-0.2, 0) is 6.54 Å². The lowest BCUT2D eigenvalue weighted by Crippen LogP contribution is -2.33. The molecule has 1 aliphatic rings. The Morgan fingerprint density at radius 1 is 1.24 bits per heavy atom. The van der Waals surface area contributed by atoms with Crippen LogP contribution in [0, 0.1) is 0 Å². The van der Waals surface area contributed by atoms with E-state index in [1.807, 2.05) is 36.5 Å². The molecule has 0 saturated carbocycles. The Labute approximate surface area is 169 Å². The fraction of sp³-hybridized carbons (Fsp3) is 0.227. The van der Waals surface area contributed by atoms with Gasteiger partial charge in [0.2, 0.25) is 5.88 Å². The van der Waals surface area contributed by atoms with E-state index in [4.69, 9.17) is 9.47 Å². The summed E-state index contributed by atoms with van der Waals surface area (Å²) in [6.45, 7) is 1.92. The molecule has 0 spiro atoms. The van der Waals surface area contributed by atoms with Crippen LogP contribution in [0.3, 0.4) is 0 Å². The number of carbonyl (C=O) groups excluding carboxylic acids is 1. The number of benzene rings is 1. The first kappa shape index (κ1) is 18.7. The highest BCUT2D eigenvalue weighted by atomic mass is 16.5. The van der Waals surface area contributed by atoms with Crippen LogP contribution in [0.4, 0.5) is 5.69 Å². The van der Waals surface area contributed by atoms with Gasteiger partial charge in [0.05, 0.1) is 24.9 Å². The highest BCUT2D eigenvalue weighted by molar-refractivity contribution is 6.00. The Hall–Kier alpha value is -3.61. The fourth-order valence-electron chi connectivity index (χ4n) is 3.40. The smallest absolute Gasteiger partial charge is 0.254 e. The maximum Gasteiger partial charge on any atom is 0.254 e. The number of nitrogens with zero attached hydrogens (tertiary/aromatic N) is 3. The molecule has 0 fully saturated rings. The Balaban J connectivity index is 1.79. The summed E-state index contributed by atoms with van der Waals surface area (Å²) in [4.78, 5) is 23.3. The number of methoxy groups -OCH3 is 1. The van der Waals surface area contributed by atoms with Crippen molar-refractivity contribution in [2.75, 3.05) is 32.2 Å². The summed E-state index contributed by atoms with van der Waals surface area (Å²) in [5.41, 5.74) is 4.27. The monoisotopic (exact) mass is 390 g/mol. The molecule has 1 aromatic carbocycles. The minimum absolute atomic E-state index is 0.187. The zero-order valence-electron chi connectivity index (χ0n) is 16.4. The fourth-order valence-corrected chi connectivity index (χ4v) is 3.40. The van der Waals surface area contributed by atoms with Crippen molar-refractivity contribution in [3.63, 3.8) is 0 Å². The van der Waals surface area contributed by atoms with Gasteiger partial charge in [0, 0.05) is 43.8 Å². The third kappa shape index (κ3) is 3.85. The zero-order valence-corrected chi connectivity index (χ0v) is 16.4. The molecule has 4 rings (SSSR count). The van der Waals surface area contributed by atoms with Crippen LogP contribution in [0.15, 0.2) is 55.0 Å². The van der Waals surface area contributed by atoms with Crippen LogP contribution in [-0.4, -0.2) is 43.2 Å². The Morgan fingerprint density at radius 2 is 2.14 bits per heavy atom. The summed E-state index contributed by atoms with van der Waals surface area (Å²) in [6, 6.07) is 11.6. The second-order valence-corrected chi connectivity index (χ2v) is 6.67. The van der Waals surface area contributed by atoms with E-state index in [9.17, 15) is 4.79 Å². The molecule has 7 heteroatoms. The minimum Gasteiger partial charge on any atom is -0.489 e. The second kappa shape index (κ2) is 8.18. The molecule has 2 aromatic heterocycles. The van der Waals surface area contributed by atoms with Gasteiger partial charge in [-0.2, -0.15) is 0 Å². The van der Waals surface area contributed by atoms with E-state index in [1.54, 1.807) is 32.6 Å². The molecule has 3 heterocycles. The van der Waals surface area contributed by atoms with E-state index in [2.05, 4.69) is 20.2 Å². The van der Waals surface area contributed by atoms with Gasteiger partial charge in [-0.3, -0.25) is 9.78 Å². The van der Waals surface area contributed by atoms with Gasteiger partial charge in [-0.15, -0.1) is 0 Å². The van der Waals surface area contributed by atoms with Gasteiger partial charge in [-0.05, 0) is 35.4 Å². The summed E-state index contributed by atoms with van der Waals surface area (Å²) in [7, 11) is 3.20. The van der Waals surface area contributed by atoms with Crippen molar-refractivity contribution in [3.05, 3.63) is 66.1 Å². The molecule has 1 N–H and O–H groups in total. The lowest BCUT2D eigenvalue weighted by Gasteiger charge is -2.33. The number of anilines is 1. The lowest BCUT2D eigenvalue weighted by atomic mass is 10.00. The molecule has 0 aliphatic carbocycles. The quantitative estimate of drug-likeness (QED) is 0.722. The first-order valence-corrected chi connectivity index (χ1v) is 9.37. The van der Waals surface area contributed by atoms with Crippen LogP contribution in [0.25, 0.3) is 11.1 Å². The number of aromatic nitrogens is 2. The molecule has 3 aromatic rings. The molecular weight excluding hydrogens is 368 g/mol. The number of nitrogens with one attached hydrogen (secondary N) is 1. The van der Waals surface area contributed by atoms with Crippen molar-refractivity contribution in [1.29, 1.82) is 0 Å². The number of rotatable bonds is 5. The van der Waals surface area contributed by atoms with E-state index in [1.165, 1.54) is 0 Å². The second-order valence-electron chi connectivity index (χ2n) is 6.67. The normalized spacial score (nSPS) is 12.7. The van der Waals surface area contributed by atoms with Gasteiger partial charge in [-0.25, -0.2) is 4.98 Å². The average molecular weight is 390 g/mol. The predicted octanol–water partition coefficient (Wildman–Crippen LogP) is 2.91. The SMILES string of the molecule is CNC(=O)c1cc(-c2ccc(OC)nc2)cc2c1OCCN2Cc1cccnc1. The summed E-state index contributed by atoms with van der Waals surface area (Å²) in [5, 5.41) is 2.71. The lowest BCUT2D eigenvalue weighted by molar-refractivity contribution is 0.0958. The predicted molar refractivity (Wildman–Crippen MR) is 110 cm³/mol. The molecule has 7 nitrogen and oxygen atoms in total. The number of hydrogen-bond acceptors (Lipinski definition) is 6. The van der Waals surface area contributed by atoms with E-state index in [-0.39, 0.29) is 5.91 Å². The minimum atomic E-state index is -0.187. The number of pyridine rings is 2. The molecule has 0 unspecified atom stereocenters. The summed E-state index contributed by atoms with van der Waals surface area (Å²) >= 11 is 0. The van der Waals surface area contributed by atoms with Crippen LogP contribution in [0.1, 0.15) is 15.9 Å². The first-order valence-electron chi connectivity index (χ1n) is 9.37. The van der Waals surface area contributed by atoms with Gasteiger partial charge in [-0.1, -0.05) is 6.07 Å². The van der Waals surface area contributed by atoms with Gasteiger partial charge in [0.15, 0.2) is 5.75 Å². The van der Waals surface area contributed by atoms with E-state index in [0.29, 0.717) is 30.3 Å². The number of hydrogen-bond donors (Lipinski definition) is 1. The molecule has 148 valence electrons. The third-order valence-electron chi connectivity index (χ3n) is 4.86. The average Bonchev–Trinajstić information content (AvgIpc) is 2.79. The summed E-state index contributed by atoms with van der Waals surface area (Å²) in [5.74, 6) is 0.956. The molecule has 0 bridgehead atoms. The van der Waals surface area contributed by atoms with Crippen molar-refractivity contribution in [3.8, 4) is 22.8 Å². The van der Waals surface area contributed by atoms with Gasteiger partial charge >= 0.3 is 0 Å². The van der Waals surface area contributed by atoms with E-state index >= 15 is 0 Å². The maximum absolute atomic E-state index is 12.6. The highest BCUT2D eigenvalue weighted by Gasteiger charge is 2.25. The number of amides is 1. The summed E-state index contributed by atoms with van der Waals surface area (Å²) in [6.07, 6.45) is 5.35. The topological polar surface area (TPSA) is 76.6 Å². The van der Waals surface area contributed by atoms with Crippen LogP contribution < -0.4 is 19.7 Å². The Bertz CT molecular complexity index is 1010. The van der Waals surface area contributed by atoms with Crippen molar-refractivity contribution >= 4 is 11.6 Å². The van der Waals surface area contributed by atoms with Crippen LogP contribution in [0.2, 0.25) is 0 Å². The molecule has 1 aliphatic heterocycles. The molecule has 0 atom stereocenters. The van der Waals surface area contributed by atoms with Gasteiger partial charge in [0.1, 0.15) is 6.61 Å². The Kier molecular flexibility index (Phi) is 5.29. The molecule has 1 amide bonds. The Morgan fingerprint density at radius 3 is 2.83 bits per heavy atom. The molecular formula is C22H22N4O3. The third-order valence-corrected chi connectivity index (χ3v) is 4.86. The number of fused-ring (bicyclic) bond motifs is 1. The highest BCUT2D eigenvalue weighted by Crippen LogP contribution is 2.40. The first-order chi connectivity index (χ1) is 14.2. The van der Waals surface area contributed by atoms with E-state index < -0.39 is 0 Å². The van der Waals surface area contributed by atoms with Crippen molar-refractivity contribution in [2.24, 2.45) is 0 Å². The van der Waals surface area contributed by atoms with Crippen LogP contribution >= 0.6 is 0 Å². The van der Waals surface area contributed by atoms with E-state index in [0.717, 1.165) is 28.9 Å². The molecule has 0 saturated heterocycles. The number of carbonyl (C=O) groups is 1. The van der Waals surface area contributed by atoms with Crippen molar-refractivity contribution < 1.29 is 14.3 Å².